The highest BCUT2D eigenvalue weighted by molar-refractivity contribution is 7.89. The SMILES string of the molecule is CCN(CC)S(=O)(=O)c1cc2c(cc1Oc1ccc(Cl)cc1)Oc1ccc(C)cc1NC2=O. The number of benzene rings is 3. The molecule has 172 valence electrons. The van der Waals surface area contributed by atoms with Gasteiger partial charge in [-0.1, -0.05) is 31.5 Å². The maximum atomic E-state index is 13.5. The van der Waals surface area contributed by atoms with Crippen LogP contribution < -0.4 is 14.8 Å². The van der Waals surface area contributed by atoms with Crippen molar-refractivity contribution < 1.29 is 22.7 Å². The molecule has 1 heterocycles. The van der Waals surface area contributed by atoms with Crippen molar-refractivity contribution >= 4 is 33.2 Å². The number of nitrogens with zero attached hydrogens (tertiary/aromatic N) is 1. The number of fused-ring (bicyclic) bond motifs is 2. The standard InChI is InChI=1S/C24H23ClN2O5S/c1-4-27(5-2)33(29,30)23-13-18-21(14-22(23)31-17-9-7-16(25)8-10-17)32-20-11-6-15(3)12-19(20)26-24(18)28/h6-14H,4-5H2,1-3H3,(H,26,28). The van der Waals surface area contributed by atoms with Crippen molar-refractivity contribution in [3.05, 3.63) is 70.7 Å². The summed E-state index contributed by atoms with van der Waals surface area (Å²) in [6.07, 6.45) is 0. The molecule has 9 heteroatoms. The molecular formula is C24H23ClN2O5S. The quantitative estimate of drug-likeness (QED) is 0.474. The fourth-order valence-electron chi connectivity index (χ4n) is 3.56. The number of aryl methyl sites for hydroxylation is 1. The van der Waals surface area contributed by atoms with E-state index in [4.69, 9.17) is 21.1 Å². The van der Waals surface area contributed by atoms with E-state index in [0.29, 0.717) is 22.2 Å². The summed E-state index contributed by atoms with van der Waals surface area (Å²) in [5.74, 6) is 0.612. The molecule has 1 N–H and O–H groups in total. The topological polar surface area (TPSA) is 84.9 Å². The van der Waals surface area contributed by atoms with E-state index in [1.165, 1.54) is 16.4 Å². The van der Waals surface area contributed by atoms with Crippen LogP contribution in [0.5, 0.6) is 23.0 Å². The fraction of sp³-hybridized carbons (Fsp3) is 0.208. The van der Waals surface area contributed by atoms with Crippen LogP contribution in [0.4, 0.5) is 5.69 Å². The molecule has 0 atom stereocenters. The van der Waals surface area contributed by atoms with Gasteiger partial charge in [-0.25, -0.2) is 8.42 Å². The summed E-state index contributed by atoms with van der Waals surface area (Å²) in [6, 6.07) is 14.7. The Kier molecular flexibility index (Phi) is 6.34. The highest BCUT2D eigenvalue weighted by atomic mass is 35.5. The smallest absolute Gasteiger partial charge is 0.259 e. The Balaban J connectivity index is 1.89. The molecule has 4 rings (SSSR count). The minimum Gasteiger partial charge on any atom is -0.456 e. The summed E-state index contributed by atoms with van der Waals surface area (Å²) in [5, 5.41) is 3.32. The van der Waals surface area contributed by atoms with E-state index in [1.807, 2.05) is 13.0 Å². The molecule has 0 bridgehead atoms. The van der Waals surface area contributed by atoms with Crippen LogP contribution in [-0.2, 0) is 10.0 Å². The zero-order valence-electron chi connectivity index (χ0n) is 18.4. The fourth-order valence-corrected chi connectivity index (χ4v) is 5.26. The molecule has 0 aliphatic carbocycles. The number of anilines is 1. The molecule has 1 aliphatic heterocycles. The van der Waals surface area contributed by atoms with Gasteiger partial charge in [0, 0.05) is 24.2 Å². The Morgan fingerprint density at radius 2 is 1.70 bits per heavy atom. The minimum atomic E-state index is -3.96. The lowest BCUT2D eigenvalue weighted by Crippen LogP contribution is -2.31. The maximum Gasteiger partial charge on any atom is 0.259 e. The van der Waals surface area contributed by atoms with Crippen LogP contribution in [0.15, 0.2) is 59.5 Å². The van der Waals surface area contributed by atoms with Crippen LogP contribution >= 0.6 is 11.6 Å². The van der Waals surface area contributed by atoms with Crippen LogP contribution in [0.3, 0.4) is 0 Å². The Morgan fingerprint density at radius 1 is 1.00 bits per heavy atom. The third-order valence-electron chi connectivity index (χ3n) is 5.26. The van der Waals surface area contributed by atoms with Crippen molar-refractivity contribution in [2.75, 3.05) is 18.4 Å². The van der Waals surface area contributed by atoms with E-state index in [2.05, 4.69) is 5.32 Å². The molecule has 1 amide bonds. The molecule has 0 aromatic heterocycles. The number of carbonyl (C=O) groups is 1. The molecule has 0 spiro atoms. The van der Waals surface area contributed by atoms with Gasteiger partial charge in [0.25, 0.3) is 5.91 Å². The molecule has 7 nitrogen and oxygen atoms in total. The first-order valence-corrected chi connectivity index (χ1v) is 12.3. The lowest BCUT2D eigenvalue weighted by Gasteiger charge is -2.21. The molecule has 0 fully saturated rings. The summed E-state index contributed by atoms with van der Waals surface area (Å²) >= 11 is 5.96. The first-order valence-electron chi connectivity index (χ1n) is 10.4. The van der Waals surface area contributed by atoms with Gasteiger partial charge in [0.05, 0.1) is 11.3 Å². The normalized spacial score (nSPS) is 12.9. The lowest BCUT2D eigenvalue weighted by molar-refractivity contribution is 0.102. The predicted molar refractivity (Wildman–Crippen MR) is 127 cm³/mol. The average molecular weight is 487 g/mol. The lowest BCUT2D eigenvalue weighted by atomic mass is 10.1. The van der Waals surface area contributed by atoms with Crippen molar-refractivity contribution in [3.8, 4) is 23.0 Å². The van der Waals surface area contributed by atoms with Crippen LogP contribution in [0.25, 0.3) is 0 Å². The second-order valence-electron chi connectivity index (χ2n) is 7.50. The van der Waals surface area contributed by atoms with Gasteiger partial charge >= 0.3 is 0 Å². The van der Waals surface area contributed by atoms with E-state index in [0.717, 1.165) is 5.56 Å². The predicted octanol–water partition coefficient (Wildman–Crippen LogP) is 5.83. The van der Waals surface area contributed by atoms with Crippen molar-refractivity contribution in [2.45, 2.75) is 25.7 Å². The summed E-state index contributed by atoms with van der Waals surface area (Å²) in [6.45, 7) is 5.93. The number of halogens is 1. The van der Waals surface area contributed by atoms with Crippen molar-refractivity contribution in [1.29, 1.82) is 0 Å². The third kappa shape index (κ3) is 4.55. The molecule has 0 unspecified atom stereocenters. The number of nitrogens with one attached hydrogen (secondary N) is 1. The zero-order valence-corrected chi connectivity index (χ0v) is 20.0. The van der Waals surface area contributed by atoms with E-state index in [9.17, 15) is 13.2 Å². The van der Waals surface area contributed by atoms with E-state index in [1.54, 1.807) is 50.2 Å². The zero-order chi connectivity index (χ0) is 23.8. The number of hydrogen-bond donors (Lipinski definition) is 1. The number of amides is 1. The molecule has 3 aromatic rings. The molecule has 0 saturated carbocycles. The van der Waals surface area contributed by atoms with Gasteiger partial charge in [-0.05, 0) is 55.0 Å². The van der Waals surface area contributed by atoms with Gasteiger partial charge in [-0.3, -0.25) is 4.79 Å². The average Bonchev–Trinajstić information content (AvgIpc) is 2.90. The van der Waals surface area contributed by atoms with Gasteiger partial charge in [0.2, 0.25) is 10.0 Å². The molecule has 1 aliphatic rings. The van der Waals surface area contributed by atoms with E-state index < -0.39 is 15.9 Å². The molecule has 3 aromatic carbocycles. The Hall–Kier alpha value is -3.07. The number of rotatable bonds is 6. The summed E-state index contributed by atoms with van der Waals surface area (Å²) in [7, 11) is -3.96. The highest BCUT2D eigenvalue weighted by Crippen LogP contribution is 2.42. The van der Waals surface area contributed by atoms with Crippen molar-refractivity contribution in [3.63, 3.8) is 0 Å². The monoisotopic (exact) mass is 486 g/mol. The van der Waals surface area contributed by atoms with Crippen LogP contribution in [-0.4, -0.2) is 31.7 Å². The van der Waals surface area contributed by atoms with Crippen LogP contribution in [0.2, 0.25) is 5.02 Å². The minimum absolute atomic E-state index is 0.0475. The summed E-state index contributed by atoms with van der Waals surface area (Å²) in [5.41, 5.74) is 1.54. The van der Waals surface area contributed by atoms with Crippen LogP contribution in [0, 0.1) is 6.92 Å². The van der Waals surface area contributed by atoms with Gasteiger partial charge in [0.1, 0.15) is 16.4 Å². The number of hydrogen-bond acceptors (Lipinski definition) is 5. The van der Waals surface area contributed by atoms with E-state index in [-0.39, 0.29) is 35.0 Å². The molecule has 33 heavy (non-hydrogen) atoms. The summed E-state index contributed by atoms with van der Waals surface area (Å²) < 4.78 is 40.2. The Labute approximate surface area is 197 Å². The Morgan fingerprint density at radius 3 is 2.36 bits per heavy atom. The van der Waals surface area contributed by atoms with E-state index >= 15 is 0 Å². The van der Waals surface area contributed by atoms with Gasteiger partial charge in [0.15, 0.2) is 11.5 Å². The second-order valence-corrected chi connectivity index (χ2v) is 9.84. The second kappa shape index (κ2) is 9.05. The number of carbonyl (C=O) groups excluding carboxylic acids is 1. The van der Waals surface area contributed by atoms with Gasteiger partial charge in [-0.15, -0.1) is 0 Å². The molecule has 0 radical (unpaired) electrons. The van der Waals surface area contributed by atoms with Gasteiger partial charge < -0.3 is 14.8 Å². The van der Waals surface area contributed by atoms with Gasteiger partial charge in [-0.2, -0.15) is 4.31 Å². The summed E-state index contributed by atoms with van der Waals surface area (Å²) in [4.78, 5) is 12.9. The van der Waals surface area contributed by atoms with Crippen LogP contribution in [0.1, 0.15) is 29.8 Å². The van der Waals surface area contributed by atoms with Crippen molar-refractivity contribution in [2.24, 2.45) is 0 Å². The Bertz CT molecular complexity index is 1320. The van der Waals surface area contributed by atoms with Crippen molar-refractivity contribution in [1.82, 2.24) is 4.31 Å². The molecule has 0 saturated heterocycles. The first-order chi connectivity index (χ1) is 15.7. The number of ether oxygens (including phenoxy) is 2. The maximum absolute atomic E-state index is 13.5. The largest absolute Gasteiger partial charge is 0.456 e. The number of sulfonamides is 1. The molecular weight excluding hydrogens is 464 g/mol. The highest BCUT2D eigenvalue weighted by Gasteiger charge is 2.31. The first kappa shape index (κ1) is 23.1. The third-order valence-corrected chi connectivity index (χ3v) is 7.58.